The average molecular weight is 275 g/mol. The molecule has 0 aromatic heterocycles. The molecule has 1 saturated heterocycles. The van der Waals surface area contributed by atoms with Crippen molar-refractivity contribution in [1.29, 1.82) is 5.26 Å². The number of benzene rings is 1. The number of piperidine rings is 1. The van der Waals surface area contributed by atoms with E-state index in [9.17, 15) is 4.39 Å². The van der Waals surface area contributed by atoms with Crippen molar-refractivity contribution in [3.8, 4) is 6.07 Å². The molecule has 4 heteroatoms. The highest BCUT2D eigenvalue weighted by Gasteiger charge is 2.27. The second-order valence-corrected chi connectivity index (χ2v) is 5.58. The Morgan fingerprint density at radius 3 is 2.95 bits per heavy atom. The van der Waals surface area contributed by atoms with Gasteiger partial charge in [0.2, 0.25) is 0 Å². The van der Waals surface area contributed by atoms with E-state index in [1.165, 1.54) is 18.6 Å². The van der Waals surface area contributed by atoms with Gasteiger partial charge in [0.15, 0.2) is 0 Å². The third kappa shape index (κ3) is 3.36. The van der Waals surface area contributed by atoms with Crippen LogP contribution in [0.2, 0.25) is 0 Å². The van der Waals surface area contributed by atoms with Crippen LogP contribution in [0.4, 0.5) is 4.39 Å². The van der Waals surface area contributed by atoms with Gasteiger partial charge < -0.3 is 5.73 Å². The Morgan fingerprint density at radius 2 is 2.30 bits per heavy atom. The molecule has 2 rings (SSSR count). The monoisotopic (exact) mass is 275 g/mol. The van der Waals surface area contributed by atoms with Crippen molar-refractivity contribution in [1.82, 2.24) is 4.90 Å². The predicted molar refractivity (Wildman–Crippen MR) is 77.4 cm³/mol. The summed E-state index contributed by atoms with van der Waals surface area (Å²) in [6, 6.07) is 6.92. The lowest BCUT2D eigenvalue weighted by atomic mass is 9.88. The van der Waals surface area contributed by atoms with E-state index in [-0.39, 0.29) is 5.82 Å². The first-order chi connectivity index (χ1) is 9.67. The van der Waals surface area contributed by atoms with Gasteiger partial charge in [0.25, 0.3) is 0 Å². The van der Waals surface area contributed by atoms with E-state index >= 15 is 0 Å². The Bertz CT molecular complexity index is 495. The number of rotatable bonds is 4. The molecule has 1 fully saturated rings. The minimum Gasteiger partial charge on any atom is -0.329 e. The van der Waals surface area contributed by atoms with E-state index < -0.39 is 0 Å². The van der Waals surface area contributed by atoms with E-state index in [1.54, 1.807) is 6.07 Å². The highest BCUT2D eigenvalue weighted by molar-refractivity contribution is 5.33. The van der Waals surface area contributed by atoms with E-state index in [0.29, 0.717) is 30.3 Å². The van der Waals surface area contributed by atoms with Crippen LogP contribution in [-0.4, -0.2) is 24.0 Å². The molecule has 1 heterocycles. The molecule has 20 heavy (non-hydrogen) atoms. The number of likely N-dealkylation sites (tertiary alicyclic amines) is 1. The minimum absolute atomic E-state index is 0.239. The van der Waals surface area contributed by atoms with Crippen molar-refractivity contribution in [2.75, 3.05) is 13.1 Å². The molecule has 108 valence electrons. The van der Waals surface area contributed by atoms with E-state index in [1.807, 2.05) is 0 Å². The maximum atomic E-state index is 13.9. The third-order valence-electron chi connectivity index (χ3n) is 4.34. The van der Waals surface area contributed by atoms with Crippen LogP contribution in [0.5, 0.6) is 0 Å². The smallest absolute Gasteiger partial charge is 0.127 e. The Labute approximate surface area is 120 Å². The molecule has 0 saturated carbocycles. The van der Waals surface area contributed by atoms with Gasteiger partial charge in [0.05, 0.1) is 11.6 Å². The Morgan fingerprint density at radius 1 is 1.50 bits per heavy atom. The lowest BCUT2D eigenvalue weighted by Gasteiger charge is -2.39. The van der Waals surface area contributed by atoms with Crippen LogP contribution in [0.1, 0.15) is 37.3 Å². The first kappa shape index (κ1) is 15.0. The lowest BCUT2D eigenvalue weighted by molar-refractivity contribution is 0.106. The highest BCUT2D eigenvalue weighted by Crippen LogP contribution is 2.26. The quantitative estimate of drug-likeness (QED) is 0.919. The second-order valence-electron chi connectivity index (χ2n) is 5.58. The van der Waals surface area contributed by atoms with Crippen LogP contribution in [0, 0.1) is 23.1 Å². The van der Waals surface area contributed by atoms with Crippen molar-refractivity contribution < 1.29 is 4.39 Å². The largest absolute Gasteiger partial charge is 0.329 e. The molecule has 3 nitrogen and oxygen atoms in total. The molecule has 2 unspecified atom stereocenters. The van der Waals surface area contributed by atoms with Crippen molar-refractivity contribution in [3.63, 3.8) is 0 Å². The van der Waals surface area contributed by atoms with Gasteiger partial charge >= 0.3 is 0 Å². The maximum Gasteiger partial charge on any atom is 0.127 e. The summed E-state index contributed by atoms with van der Waals surface area (Å²) in [7, 11) is 0. The fourth-order valence-electron chi connectivity index (χ4n) is 2.99. The zero-order chi connectivity index (χ0) is 14.5. The molecule has 1 aromatic rings. The fraction of sp³-hybridized carbons (Fsp3) is 0.562. The molecule has 0 spiro atoms. The van der Waals surface area contributed by atoms with Crippen molar-refractivity contribution in [2.45, 2.75) is 38.8 Å². The molecule has 0 radical (unpaired) electrons. The Balaban J connectivity index is 2.11. The lowest BCUT2D eigenvalue weighted by Crippen LogP contribution is -2.46. The SMILES string of the molecule is CCC1CCN(Cc2cc(C#N)ccc2F)C(CN)C1. The predicted octanol–water partition coefficient (Wildman–Crippen LogP) is 2.65. The first-order valence-electron chi connectivity index (χ1n) is 7.30. The topological polar surface area (TPSA) is 53.0 Å². The van der Waals surface area contributed by atoms with Crippen LogP contribution >= 0.6 is 0 Å². The summed E-state index contributed by atoms with van der Waals surface area (Å²) in [6.07, 6.45) is 3.42. The standard InChI is InChI=1S/C16H22FN3/c1-2-12-5-6-20(15(8-12)10-19)11-14-7-13(9-18)3-4-16(14)17/h3-4,7,12,15H,2,5-6,8,10-11,19H2,1H3. The molecule has 0 amide bonds. The molecule has 2 atom stereocenters. The van der Waals surface area contributed by atoms with Gasteiger partial charge in [0.1, 0.15) is 5.82 Å². The van der Waals surface area contributed by atoms with E-state index in [4.69, 9.17) is 11.0 Å². The number of halogens is 1. The number of nitriles is 1. The summed E-state index contributed by atoms with van der Waals surface area (Å²) >= 11 is 0. The normalized spacial score (nSPS) is 23.5. The Hall–Kier alpha value is -1.44. The van der Waals surface area contributed by atoms with E-state index in [0.717, 1.165) is 25.3 Å². The van der Waals surface area contributed by atoms with Crippen LogP contribution < -0.4 is 5.73 Å². The summed E-state index contributed by atoms with van der Waals surface area (Å²) in [5.41, 5.74) is 6.97. The molecule has 0 aliphatic carbocycles. The van der Waals surface area contributed by atoms with Gasteiger partial charge in [-0.05, 0) is 43.5 Å². The molecule has 1 aromatic carbocycles. The summed E-state index contributed by atoms with van der Waals surface area (Å²) in [6.45, 7) is 4.32. The van der Waals surface area contributed by atoms with E-state index in [2.05, 4.69) is 17.9 Å². The molecular weight excluding hydrogens is 253 g/mol. The van der Waals surface area contributed by atoms with Gasteiger partial charge in [-0.15, -0.1) is 0 Å². The van der Waals surface area contributed by atoms with Gasteiger partial charge in [-0.2, -0.15) is 5.26 Å². The highest BCUT2D eigenvalue weighted by atomic mass is 19.1. The third-order valence-corrected chi connectivity index (χ3v) is 4.34. The summed E-state index contributed by atoms with van der Waals surface area (Å²) in [5.74, 6) is 0.493. The average Bonchev–Trinajstić information content (AvgIpc) is 2.49. The van der Waals surface area contributed by atoms with Crippen molar-refractivity contribution in [3.05, 3.63) is 35.1 Å². The first-order valence-corrected chi connectivity index (χ1v) is 7.30. The maximum absolute atomic E-state index is 13.9. The van der Waals surface area contributed by atoms with Crippen LogP contribution in [0.3, 0.4) is 0 Å². The minimum atomic E-state index is -0.239. The van der Waals surface area contributed by atoms with Crippen molar-refractivity contribution >= 4 is 0 Å². The van der Waals surface area contributed by atoms with Gasteiger partial charge in [-0.25, -0.2) is 4.39 Å². The summed E-state index contributed by atoms with van der Waals surface area (Å²) in [5, 5.41) is 8.92. The molecular formula is C16H22FN3. The Kier molecular flexibility index (Phi) is 5.11. The van der Waals surface area contributed by atoms with Crippen LogP contribution in [0.15, 0.2) is 18.2 Å². The zero-order valence-corrected chi connectivity index (χ0v) is 12.0. The fourth-order valence-corrected chi connectivity index (χ4v) is 2.99. The molecule has 0 bridgehead atoms. The number of nitrogens with two attached hydrogens (primary N) is 1. The molecule has 1 aliphatic heterocycles. The zero-order valence-electron chi connectivity index (χ0n) is 12.0. The number of hydrogen-bond acceptors (Lipinski definition) is 3. The van der Waals surface area contributed by atoms with Crippen LogP contribution in [-0.2, 0) is 6.54 Å². The van der Waals surface area contributed by atoms with Gasteiger partial charge in [0, 0.05) is 24.7 Å². The second kappa shape index (κ2) is 6.83. The van der Waals surface area contributed by atoms with Crippen molar-refractivity contribution in [2.24, 2.45) is 11.7 Å². The molecule has 2 N–H and O–H groups in total. The van der Waals surface area contributed by atoms with Gasteiger partial charge in [-0.1, -0.05) is 13.3 Å². The summed E-state index contributed by atoms with van der Waals surface area (Å²) < 4.78 is 13.9. The number of nitrogens with zero attached hydrogens (tertiary/aromatic N) is 2. The summed E-state index contributed by atoms with van der Waals surface area (Å²) in [4.78, 5) is 2.26. The van der Waals surface area contributed by atoms with Crippen LogP contribution in [0.25, 0.3) is 0 Å². The number of hydrogen-bond donors (Lipinski definition) is 1. The molecule has 1 aliphatic rings. The van der Waals surface area contributed by atoms with Gasteiger partial charge in [-0.3, -0.25) is 4.90 Å².